The standard InChI is InChI=1S/C28H40N2O6/c1-3-9-23(20-26(32)29-14-17-35-18-16-31)27(33)30-15-8-13-25(30)21-36-28(34)24(10-4-2)19-22-11-6-5-7-12-22/h3-7,11-12,23-25,31H,1-2,8-10,13-21H2,(H,29,32)/t23-,24-,25-/m0/s1. The van der Waals surface area contributed by atoms with E-state index in [-0.39, 0.29) is 56.0 Å². The molecule has 1 aliphatic rings. The zero-order valence-corrected chi connectivity index (χ0v) is 21.1. The summed E-state index contributed by atoms with van der Waals surface area (Å²) in [5, 5.41) is 11.5. The fourth-order valence-electron chi connectivity index (χ4n) is 4.39. The van der Waals surface area contributed by atoms with Gasteiger partial charge in [-0.25, -0.2) is 0 Å². The lowest BCUT2D eigenvalue weighted by Crippen LogP contribution is -2.43. The predicted molar refractivity (Wildman–Crippen MR) is 138 cm³/mol. The first-order valence-electron chi connectivity index (χ1n) is 12.7. The second kappa shape index (κ2) is 16.7. The molecule has 2 rings (SSSR count). The third-order valence-electron chi connectivity index (χ3n) is 6.22. The number of benzene rings is 1. The Labute approximate surface area is 214 Å². The molecule has 0 radical (unpaired) electrons. The van der Waals surface area contributed by atoms with E-state index in [2.05, 4.69) is 18.5 Å². The van der Waals surface area contributed by atoms with Crippen molar-refractivity contribution in [3.8, 4) is 0 Å². The number of hydrogen-bond acceptors (Lipinski definition) is 6. The van der Waals surface area contributed by atoms with Gasteiger partial charge in [-0.15, -0.1) is 13.2 Å². The first-order chi connectivity index (χ1) is 17.5. The van der Waals surface area contributed by atoms with Crippen LogP contribution in [0.1, 0.15) is 37.7 Å². The minimum Gasteiger partial charge on any atom is -0.463 e. The Morgan fingerprint density at radius 3 is 2.53 bits per heavy atom. The summed E-state index contributed by atoms with van der Waals surface area (Å²) in [5.74, 6) is -1.49. The van der Waals surface area contributed by atoms with Crippen molar-refractivity contribution in [2.45, 2.75) is 44.6 Å². The molecule has 1 aromatic carbocycles. The number of allylic oxidation sites excluding steroid dienone is 2. The normalized spacial score (nSPS) is 16.7. The van der Waals surface area contributed by atoms with Gasteiger partial charge in [0.05, 0.1) is 37.7 Å². The van der Waals surface area contributed by atoms with E-state index in [0.29, 0.717) is 39.0 Å². The van der Waals surface area contributed by atoms with Crippen molar-refractivity contribution >= 4 is 17.8 Å². The van der Waals surface area contributed by atoms with Gasteiger partial charge in [0, 0.05) is 19.5 Å². The van der Waals surface area contributed by atoms with Crippen LogP contribution in [-0.2, 0) is 30.3 Å². The fraction of sp³-hybridized carbons (Fsp3) is 0.536. The Kier molecular flexibility index (Phi) is 13.5. The number of carbonyl (C=O) groups excluding carboxylic acids is 3. The summed E-state index contributed by atoms with van der Waals surface area (Å²) in [7, 11) is 0. The lowest BCUT2D eigenvalue weighted by Gasteiger charge is -2.28. The molecule has 0 saturated carbocycles. The topological polar surface area (TPSA) is 105 Å². The number of ether oxygens (including phenoxy) is 2. The van der Waals surface area contributed by atoms with Gasteiger partial charge < -0.3 is 24.8 Å². The molecule has 1 aromatic rings. The number of nitrogens with zero attached hydrogens (tertiary/aromatic N) is 1. The lowest BCUT2D eigenvalue weighted by molar-refractivity contribution is -0.152. The van der Waals surface area contributed by atoms with Crippen LogP contribution in [0.5, 0.6) is 0 Å². The van der Waals surface area contributed by atoms with Crippen molar-refractivity contribution in [1.29, 1.82) is 0 Å². The second-order valence-electron chi connectivity index (χ2n) is 8.98. The van der Waals surface area contributed by atoms with E-state index in [9.17, 15) is 14.4 Å². The molecular formula is C28H40N2O6. The van der Waals surface area contributed by atoms with Crippen molar-refractivity contribution in [3.05, 3.63) is 61.2 Å². The Balaban J connectivity index is 1.90. The van der Waals surface area contributed by atoms with Crippen molar-refractivity contribution in [2.24, 2.45) is 11.8 Å². The van der Waals surface area contributed by atoms with Crippen LogP contribution in [0.25, 0.3) is 0 Å². The molecule has 1 fully saturated rings. The molecule has 36 heavy (non-hydrogen) atoms. The molecule has 0 bridgehead atoms. The quantitative estimate of drug-likeness (QED) is 0.194. The van der Waals surface area contributed by atoms with Gasteiger partial charge in [0.1, 0.15) is 6.61 Å². The molecule has 1 saturated heterocycles. The maximum absolute atomic E-state index is 13.3. The monoisotopic (exact) mass is 500 g/mol. The number of esters is 1. The molecule has 1 aliphatic heterocycles. The molecule has 0 aromatic heterocycles. The number of rotatable bonds is 17. The van der Waals surface area contributed by atoms with E-state index >= 15 is 0 Å². The van der Waals surface area contributed by atoms with E-state index < -0.39 is 5.92 Å². The van der Waals surface area contributed by atoms with Crippen molar-refractivity contribution in [3.63, 3.8) is 0 Å². The zero-order valence-electron chi connectivity index (χ0n) is 21.1. The third kappa shape index (κ3) is 9.95. The zero-order chi connectivity index (χ0) is 26.2. The number of amides is 2. The molecule has 0 spiro atoms. The summed E-state index contributed by atoms with van der Waals surface area (Å²) in [5.41, 5.74) is 1.06. The summed E-state index contributed by atoms with van der Waals surface area (Å²) in [4.78, 5) is 40.3. The number of aliphatic hydroxyl groups is 1. The van der Waals surface area contributed by atoms with Gasteiger partial charge in [-0.3, -0.25) is 14.4 Å². The molecule has 3 atom stereocenters. The van der Waals surface area contributed by atoms with Crippen LogP contribution in [0, 0.1) is 11.8 Å². The first-order valence-corrected chi connectivity index (χ1v) is 12.7. The molecule has 2 N–H and O–H groups in total. The van der Waals surface area contributed by atoms with Gasteiger partial charge in [-0.05, 0) is 37.7 Å². The van der Waals surface area contributed by atoms with Crippen molar-refractivity contribution < 1.29 is 29.0 Å². The van der Waals surface area contributed by atoms with Crippen molar-refractivity contribution in [1.82, 2.24) is 10.2 Å². The summed E-state index contributed by atoms with van der Waals surface area (Å²) < 4.78 is 10.8. The number of nitrogens with one attached hydrogen (secondary N) is 1. The Morgan fingerprint density at radius 2 is 1.83 bits per heavy atom. The van der Waals surface area contributed by atoms with Crippen LogP contribution >= 0.6 is 0 Å². The van der Waals surface area contributed by atoms with Gasteiger partial charge >= 0.3 is 5.97 Å². The number of likely N-dealkylation sites (tertiary alicyclic amines) is 1. The van der Waals surface area contributed by atoms with E-state index in [1.165, 1.54) is 0 Å². The SMILES string of the molecule is C=CC[C@@H](Cc1ccccc1)C(=O)OC[C@@H]1CCCN1C(=O)[C@@H](CC=C)CC(=O)NCCOCCO. The highest BCUT2D eigenvalue weighted by molar-refractivity contribution is 5.86. The van der Waals surface area contributed by atoms with Crippen LogP contribution < -0.4 is 5.32 Å². The van der Waals surface area contributed by atoms with Crippen LogP contribution in [0.15, 0.2) is 55.6 Å². The third-order valence-corrected chi connectivity index (χ3v) is 6.22. The van der Waals surface area contributed by atoms with E-state index in [0.717, 1.165) is 18.4 Å². The average Bonchev–Trinajstić information content (AvgIpc) is 3.35. The van der Waals surface area contributed by atoms with Gasteiger partial charge in [0.25, 0.3) is 0 Å². The molecule has 0 unspecified atom stereocenters. The minimum atomic E-state index is -0.524. The Bertz CT molecular complexity index is 844. The molecule has 2 amide bonds. The Morgan fingerprint density at radius 1 is 1.11 bits per heavy atom. The highest BCUT2D eigenvalue weighted by atomic mass is 16.5. The van der Waals surface area contributed by atoms with Crippen LogP contribution in [-0.4, -0.2) is 73.3 Å². The molecule has 1 heterocycles. The minimum absolute atomic E-state index is 0.0480. The maximum Gasteiger partial charge on any atom is 0.309 e. The van der Waals surface area contributed by atoms with Gasteiger partial charge in [-0.2, -0.15) is 0 Å². The van der Waals surface area contributed by atoms with E-state index in [1.54, 1.807) is 17.1 Å². The van der Waals surface area contributed by atoms with E-state index in [4.69, 9.17) is 14.6 Å². The molecular weight excluding hydrogens is 460 g/mol. The highest BCUT2D eigenvalue weighted by Gasteiger charge is 2.34. The second-order valence-corrected chi connectivity index (χ2v) is 8.98. The van der Waals surface area contributed by atoms with Crippen molar-refractivity contribution in [2.75, 3.05) is 39.5 Å². The fourth-order valence-corrected chi connectivity index (χ4v) is 4.39. The largest absolute Gasteiger partial charge is 0.463 e. The number of hydrogen-bond donors (Lipinski definition) is 2. The average molecular weight is 501 g/mol. The molecule has 8 heteroatoms. The van der Waals surface area contributed by atoms with Gasteiger partial charge in [-0.1, -0.05) is 42.5 Å². The van der Waals surface area contributed by atoms with Gasteiger partial charge in [0.15, 0.2) is 0 Å². The smallest absolute Gasteiger partial charge is 0.309 e. The van der Waals surface area contributed by atoms with Crippen LogP contribution in [0.2, 0.25) is 0 Å². The maximum atomic E-state index is 13.3. The summed E-state index contributed by atoms with van der Waals surface area (Å²) in [6, 6.07) is 9.59. The molecule has 0 aliphatic carbocycles. The first kappa shape index (κ1) is 29.3. The predicted octanol–water partition coefficient (Wildman–Crippen LogP) is 2.66. The lowest BCUT2D eigenvalue weighted by atomic mass is 9.96. The number of aliphatic hydroxyl groups excluding tert-OH is 1. The summed E-state index contributed by atoms with van der Waals surface area (Å²) in [6.07, 6.45) is 6.46. The van der Waals surface area contributed by atoms with Gasteiger partial charge in [0.2, 0.25) is 11.8 Å². The summed E-state index contributed by atoms with van der Waals surface area (Å²) >= 11 is 0. The van der Waals surface area contributed by atoms with E-state index in [1.807, 2.05) is 30.3 Å². The molecule has 198 valence electrons. The molecule has 8 nitrogen and oxygen atoms in total. The summed E-state index contributed by atoms with van der Waals surface area (Å²) in [6.45, 7) is 8.98. The highest BCUT2D eigenvalue weighted by Crippen LogP contribution is 2.24. The Hall–Kier alpha value is -2.97. The van der Waals surface area contributed by atoms with Crippen LogP contribution in [0.4, 0.5) is 0 Å². The van der Waals surface area contributed by atoms with Crippen LogP contribution in [0.3, 0.4) is 0 Å². The number of carbonyl (C=O) groups is 3.